The van der Waals surface area contributed by atoms with Crippen LogP contribution in [0.1, 0.15) is 20.8 Å². The normalized spacial score (nSPS) is 10.3. The highest BCUT2D eigenvalue weighted by Crippen LogP contribution is 2.27. The monoisotopic (exact) mass is 383 g/mol. The molecular formula is C21H21NO4S. The molecule has 1 aromatic heterocycles. The number of aryl methyl sites for hydroxylation is 1. The number of benzene rings is 2. The zero-order chi connectivity index (χ0) is 19.2. The molecule has 0 saturated heterocycles. The van der Waals surface area contributed by atoms with E-state index in [1.165, 1.54) is 11.3 Å². The van der Waals surface area contributed by atoms with E-state index >= 15 is 0 Å². The number of hydrogen-bond donors (Lipinski definition) is 1. The third-order valence-corrected chi connectivity index (χ3v) is 4.91. The van der Waals surface area contributed by atoms with Crippen molar-refractivity contribution in [3.05, 3.63) is 69.9 Å². The number of amides is 1. The Morgan fingerprint density at radius 3 is 2.63 bits per heavy atom. The fourth-order valence-corrected chi connectivity index (χ4v) is 3.32. The molecule has 0 unspecified atom stereocenters. The molecule has 0 fully saturated rings. The van der Waals surface area contributed by atoms with Crippen LogP contribution < -0.4 is 19.5 Å². The van der Waals surface area contributed by atoms with Gasteiger partial charge < -0.3 is 19.5 Å². The standard InChI is InChI=1S/C21H21NO4S/c1-14-7-8-19(25-3)18(9-14)22-21(23)20-10-15(13-27-20)12-26-17-6-4-5-16(11-17)24-2/h4-11,13H,12H2,1-3H3,(H,22,23). The molecule has 2 aromatic carbocycles. The van der Waals surface area contributed by atoms with Crippen LogP contribution in [0.5, 0.6) is 17.2 Å². The van der Waals surface area contributed by atoms with Crippen molar-refractivity contribution in [3.63, 3.8) is 0 Å². The lowest BCUT2D eigenvalue weighted by Crippen LogP contribution is -2.11. The Balaban J connectivity index is 1.64. The average molecular weight is 383 g/mol. The van der Waals surface area contributed by atoms with Gasteiger partial charge in [0.2, 0.25) is 0 Å². The number of hydrogen-bond acceptors (Lipinski definition) is 5. The maximum absolute atomic E-state index is 12.6. The van der Waals surface area contributed by atoms with Gasteiger partial charge in [0, 0.05) is 11.6 Å². The van der Waals surface area contributed by atoms with E-state index in [9.17, 15) is 4.79 Å². The lowest BCUT2D eigenvalue weighted by atomic mass is 10.2. The van der Waals surface area contributed by atoms with Crippen LogP contribution >= 0.6 is 11.3 Å². The Bertz CT molecular complexity index is 935. The summed E-state index contributed by atoms with van der Waals surface area (Å²) in [5, 5.41) is 4.83. The van der Waals surface area contributed by atoms with Crippen molar-refractivity contribution < 1.29 is 19.0 Å². The SMILES string of the molecule is COc1cccc(OCc2csc(C(=O)Nc3cc(C)ccc3OC)c2)c1. The number of methoxy groups -OCH3 is 2. The van der Waals surface area contributed by atoms with E-state index in [0.29, 0.717) is 22.9 Å². The molecule has 0 radical (unpaired) electrons. The third kappa shape index (κ3) is 4.80. The molecule has 0 aliphatic rings. The Labute approximate surface area is 162 Å². The molecular weight excluding hydrogens is 362 g/mol. The summed E-state index contributed by atoms with van der Waals surface area (Å²) in [6, 6.07) is 14.9. The topological polar surface area (TPSA) is 56.8 Å². The molecule has 0 atom stereocenters. The number of anilines is 1. The van der Waals surface area contributed by atoms with Crippen LogP contribution in [0.15, 0.2) is 53.9 Å². The van der Waals surface area contributed by atoms with Crippen molar-refractivity contribution in [2.75, 3.05) is 19.5 Å². The van der Waals surface area contributed by atoms with Gasteiger partial charge >= 0.3 is 0 Å². The summed E-state index contributed by atoms with van der Waals surface area (Å²) in [7, 11) is 3.20. The van der Waals surface area contributed by atoms with Gasteiger partial charge in [-0.05, 0) is 48.2 Å². The van der Waals surface area contributed by atoms with E-state index in [4.69, 9.17) is 14.2 Å². The fraction of sp³-hybridized carbons (Fsp3) is 0.190. The fourth-order valence-electron chi connectivity index (χ4n) is 2.53. The number of ether oxygens (including phenoxy) is 3. The highest BCUT2D eigenvalue weighted by molar-refractivity contribution is 7.12. The van der Waals surface area contributed by atoms with Crippen molar-refractivity contribution in [2.45, 2.75) is 13.5 Å². The molecule has 140 valence electrons. The number of nitrogens with one attached hydrogen (secondary N) is 1. The molecule has 27 heavy (non-hydrogen) atoms. The summed E-state index contributed by atoms with van der Waals surface area (Å²) in [6.45, 7) is 2.35. The van der Waals surface area contributed by atoms with Crippen molar-refractivity contribution in [3.8, 4) is 17.2 Å². The van der Waals surface area contributed by atoms with Crippen molar-refractivity contribution >= 4 is 22.9 Å². The second kappa shape index (κ2) is 8.60. The van der Waals surface area contributed by atoms with E-state index in [2.05, 4.69) is 5.32 Å². The van der Waals surface area contributed by atoms with E-state index in [-0.39, 0.29) is 5.91 Å². The molecule has 3 rings (SSSR count). The molecule has 1 N–H and O–H groups in total. The molecule has 0 aliphatic heterocycles. The van der Waals surface area contributed by atoms with Gasteiger partial charge in [0.05, 0.1) is 24.8 Å². The van der Waals surface area contributed by atoms with Gasteiger partial charge in [0.25, 0.3) is 5.91 Å². The van der Waals surface area contributed by atoms with E-state index < -0.39 is 0 Å². The molecule has 5 nitrogen and oxygen atoms in total. The number of rotatable bonds is 7. The summed E-state index contributed by atoms with van der Waals surface area (Å²) in [5.41, 5.74) is 2.64. The molecule has 0 bridgehead atoms. The van der Waals surface area contributed by atoms with Gasteiger partial charge in [0.1, 0.15) is 23.9 Å². The maximum atomic E-state index is 12.6. The van der Waals surface area contributed by atoms with Crippen LogP contribution in [-0.2, 0) is 6.61 Å². The van der Waals surface area contributed by atoms with Crippen molar-refractivity contribution in [1.82, 2.24) is 0 Å². The first-order valence-corrected chi connectivity index (χ1v) is 9.27. The molecule has 0 spiro atoms. The Morgan fingerprint density at radius 1 is 1.04 bits per heavy atom. The Kier molecular flexibility index (Phi) is 5.98. The van der Waals surface area contributed by atoms with E-state index in [1.54, 1.807) is 14.2 Å². The highest BCUT2D eigenvalue weighted by Gasteiger charge is 2.13. The van der Waals surface area contributed by atoms with Crippen molar-refractivity contribution in [1.29, 1.82) is 0 Å². The maximum Gasteiger partial charge on any atom is 0.265 e. The molecule has 0 saturated carbocycles. The number of thiophene rings is 1. The molecule has 6 heteroatoms. The Hall–Kier alpha value is -2.99. The average Bonchev–Trinajstić information content (AvgIpc) is 3.16. The zero-order valence-electron chi connectivity index (χ0n) is 15.4. The van der Waals surface area contributed by atoms with Crippen LogP contribution in [0.25, 0.3) is 0 Å². The van der Waals surface area contributed by atoms with Crippen LogP contribution in [0, 0.1) is 6.92 Å². The number of carbonyl (C=O) groups excluding carboxylic acids is 1. The third-order valence-electron chi connectivity index (χ3n) is 3.93. The minimum atomic E-state index is -0.170. The lowest BCUT2D eigenvalue weighted by Gasteiger charge is -2.10. The summed E-state index contributed by atoms with van der Waals surface area (Å²) in [5.74, 6) is 1.92. The minimum Gasteiger partial charge on any atom is -0.497 e. The zero-order valence-corrected chi connectivity index (χ0v) is 16.3. The van der Waals surface area contributed by atoms with E-state index in [1.807, 2.05) is 60.8 Å². The van der Waals surface area contributed by atoms with Gasteiger partial charge in [-0.1, -0.05) is 12.1 Å². The molecule has 3 aromatic rings. The second-order valence-corrected chi connectivity index (χ2v) is 6.86. The largest absolute Gasteiger partial charge is 0.497 e. The van der Waals surface area contributed by atoms with E-state index in [0.717, 1.165) is 22.6 Å². The molecule has 1 amide bonds. The van der Waals surface area contributed by atoms with Crippen LogP contribution in [0.4, 0.5) is 5.69 Å². The first-order valence-electron chi connectivity index (χ1n) is 8.39. The first kappa shape index (κ1) is 18.8. The van der Waals surface area contributed by atoms with Gasteiger partial charge in [-0.3, -0.25) is 4.79 Å². The minimum absolute atomic E-state index is 0.170. The summed E-state index contributed by atoms with van der Waals surface area (Å²) in [4.78, 5) is 13.2. The summed E-state index contributed by atoms with van der Waals surface area (Å²) >= 11 is 1.38. The summed E-state index contributed by atoms with van der Waals surface area (Å²) in [6.07, 6.45) is 0. The lowest BCUT2D eigenvalue weighted by molar-refractivity contribution is 0.103. The van der Waals surface area contributed by atoms with Crippen LogP contribution in [-0.4, -0.2) is 20.1 Å². The quantitative estimate of drug-likeness (QED) is 0.630. The second-order valence-electron chi connectivity index (χ2n) is 5.94. The smallest absolute Gasteiger partial charge is 0.265 e. The van der Waals surface area contributed by atoms with Crippen molar-refractivity contribution in [2.24, 2.45) is 0 Å². The predicted molar refractivity (Wildman–Crippen MR) is 107 cm³/mol. The predicted octanol–water partition coefficient (Wildman–Crippen LogP) is 4.91. The van der Waals surface area contributed by atoms with Crippen LogP contribution in [0.2, 0.25) is 0 Å². The summed E-state index contributed by atoms with van der Waals surface area (Å²) < 4.78 is 16.3. The van der Waals surface area contributed by atoms with Gasteiger partial charge in [-0.25, -0.2) is 0 Å². The molecule has 0 aliphatic carbocycles. The van der Waals surface area contributed by atoms with Gasteiger partial charge in [-0.2, -0.15) is 0 Å². The van der Waals surface area contributed by atoms with Gasteiger partial charge in [-0.15, -0.1) is 11.3 Å². The van der Waals surface area contributed by atoms with Gasteiger partial charge in [0.15, 0.2) is 0 Å². The number of carbonyl (C=O) groups is 1. The first-order chi connectivity index (χ1) is 13.1. The van der Waals surface area contributed by atoms with Crippen LogP contribution in [0.3, 0.4) is 0 Å². The molecule has 1 heterocycles. The Morgan fingerprint density at radius 2 is 1.85 bits per heavy atom. The highest BCUT2D eigenvalue weighted by atomic mass is 32.1.